The number of nitrogens with one attached hydrogen (secondary N) is 1. The van der Waals surface area contributed by atoms with E-state index >= 15 is 0 Å². The lowest BCUT2D eigenvalue weighted by Gasteiger charge is -2.13. The third-order valence-corrected chi connectivity index (χ3v) is 3.04. The Kier molecular flexibility index (Phi) is 7.51. The van der Waals surface area contributed by atoms with Gasteiger partial charge in [0.2, 0.25) is 0 Å². The quantitative estimate of drug-likeness (QED) is 0.671. The zero-order valence-corrected chi connectivity index (χ0v) is 12.0. The number of rotatable bonds is 9. The molecule has 0 saturated carbocycles. The standard InChI is InChI=1S/C16H27NO/c1-14(2)17-12-11-15(3)8-7-13-18-16-9-5-4-6-10-16/h4-6,9-10,14-15,17H,7-8,11-13H2,1-3H3. The zero-order chi connectivity index (χ0) is 13.2. The highest BCUT2D eigenvalue weighted by Gasteiger charge is 2.02. The number of hydrogen-bond donors (Lipinski definition) is 1. The van der Waals surface area contributed by atoms with Crippen LogP contribution in [0, 0.1) is 5.92 Å². The van der Waals surface area contributed by atoms with E-state index in [1.54, 1.807) is 0 Å². The van der Waals surface area contributed by atoms with E-state index in [9.17, 15) is 0 Å². The van der Waals surface area contributed by atoms with Gasteiger partial charge < -0.3 is 10.1 Å². The van der Waals surface area contributed by atoms with Crippen LogP contribution >= 0.6 is 0 Å². The van der Waals surface area contributed by atoms with E-state index in [1.807, 2.05) is 30.3 Å². The van der Waals surface area contributed by atoms with Gasteiger partial charge in [0.25, 0.3) is 0 Å². The largest absolute Gasteiger partial charge is 0.494 e. The van der Waals surface area contributed by atoms with Crippen LogP contribution < -0.4 is 10.1 Å². The Morgan fingerprint density at radius 3 is 2.44 bits per heavy atom. The van der Waals surface area contributed by atoms with Crippen LogP contribution in [0.5, 0.6) is 5.75 Å². The normalized spacial score (nSPS) is 12.7. The Hall–Kier alpha value is -1.02. The first-order valence-electron chi connectivity index (χ1n) is 7.09. The second kappa shape index (κ2) is 8.98. The Balaban J connectivity index is 2.00. The maximum absolute atomic E-state index is 5.68. The van der Waals surface area contributed by atoms with Crippen molar-refractivity contribution in [3.8, 4) is 5.75 Å². The van der Waals surface area contributed by atoms with Gasteiger partial charge in [0.05, 0.1) is 6.61 Å². The summed E-state index contributed by atoms with van der Waals surface area (Å²) >= 11 is 0. The van der Waals surface area contributed by atoms with Crippen molar-refractivity contribution in [3.05, 3.63) is 30.3 Å². The number of ether oxygens (including phenoxy) is 1. The second-order valence-corrected chi connectivity index (χ2v) is 5.31. The highest BCUT2D eigenvalue weighted by Crippen LogP contribution is 2.12. The summed E-state index contributed by atoms with van der Waals surface area (Å²) in [4.78, 5) is 0. The van der Waals surface area contributed by atoms with Gasteiger partial charge in [-0.1, -0.05) is 39.0 Å². The van der Waals surface area contributed by atoms with Crippen molar-refractivity contribution in [1.82, 2.24) is 5.32 Å². The molecule has 2 heteroatoms. The molecule has 0 fully saturated rings. The molecule has 1 unspecified atom stereocenters. The van der Waals surface area contributed by atoms with Crippen molar-refractivity contribution in [3.63, 3.8) is 0 Å². The molecule has 1 rings (SSSR count). The highest BCUT2D eigenvalue weighted by molar-refractivity contribution is 5.20. The van der Waals surface area contributed by atoms with Crippen molar-refractivity contribution in [1.29, 1.82) is 0 Å². The number of para-hydroxylation sites is 1. The van der Waals surface area contributed by atoms with E-state index in [-0.39, 0.29) is 0 Å². The average molecular weight is 249 g/mol. The van der Waals surface area contributed by atoms with Gasteiger partial charge in [-0.15, -0.1) is 0 Å². The summed E-state index contributed by atoms with van der Waals surface area (Å²) in [5.41, 5.74) is 0. The minimum Gasteiger partial charge on any atom is -0.494 e. The molecule has 18 heavy (non-hydrogen) atoms. The molecule has 0 aliphatic heterocycles. The van der Waals surface area contributed by atoms with Gasteiger partial charge in [0.15, 0.2) is 0 Å². The predicted octanol–water partition coefficient (Wildman–Crippen LogP) is 3.87. The monoisotopic (exact) mass is 249 g/mol. The van der Waals surface area contributed by atoms with Gasteiger partial charge in [-0.3, -0.25) is 0 Å². The van der Waals surface area contributed by atoms with E-state index in [0.717, 1.165) is 31.2 Å². The van der Waals surface area contributed by atoms with Gasteiger partial charge >= 0.3 is 0 Å². The summed E-state index contributed by atoms with van der Waals surface area (Å²) in [6.07, 6.45) is 3.63. The molecule has 1 atom stereocenters. The van der Waals surface area contributed by atoms with Crippen LogP contribution in [0.4, 0.5) is 0 Å². The minimum atomic E-state index is 0.596. The fourth-order valence-corrected chi connectivity index (χ4v) is 1.90. The lowest BCUT2D eigenvalue weighted by molar-refractivity contribution is 0.291. The molecule has 0 amide bonds. The molecule has 0 aromatic heterocycles. The number of hydrogen-bond acceptors (Lipinski definition) is 2. The SMILES string of the molecule is CC(CCCOc1ccccc1)CCNC(C)C. The van der Waals surface area contributed by atoms with E-state index in [2.05, 4.69) is 26.1 Å². The highest BCUT2D eigenvalue weighted by atomic mass is 16.5. The first-order valence-corrected chi connectivity index (χ1v) is 7.09. The fourth-order valence-electron chi connectivity index (χ4n) is 1.90. The topological polar surface area (TPSA) is 21.3 Å². The van der Waals surface area contributed by atoms with Crippen LogP contribution in [0.3, 0.4) is 0 Å². The zero-order valence-electron chi connectivity index (χ0n) is 12.0. The first kappa shape index (κ1) is 15.0. The Labute approximate surface area is 112 Å². The summed E-state index contributed by atoms with van der Waals surface area (Å²) in [6.45, 7) is 8.66. The maximum atomic E-state index is 5.68. The molecule has 2 nitrogen and oxygen atoms in total. The van der Waals surface area contributed by atoms with Gasteiger partial charge in [0.1, 0.15) is 5.75 Å². The average Bonchev–Trinajstić information content (AvgIpc) is 2.35. The van der Waals surface area contributed by atoms with Crippen LogP contribution in [0.2, 0.25) is 0 Å². The first-order chi connectivity index (χ1) is 8.68. The van der Waals surface area contributed by atoms with E-state index in [0.29, 0.717) is 6.04 Å². The molecule has 0 radical (unpaired) electrons. The van der Waals surface area contributed by atoms with Crippen molar-refractivity contribution in [2.24, 2.45) is 5.92 Å². The number of benzene rings is 1. The molecule has 1 aromatic carbocycles. The molecule has 1 N–H and O–H groups in total. The summed E-state index contributed by atoms with van der Waals surface area (Å²) in [6, 6.07) is 10.6. The molecule has 0 bridgehead atoms. The van der Waals surface area contributed by atoms with E-state index < -0.39 is 0 Å². The van der Waals surface area contributed by atoms with Crippen LogP contribution in [-0.4, -0.2) is 19.2 Å². The molecule has 0 aliphatic rings. The lowest BCUT2D eigenvalue weighted by Crippen LogP contribution is -2.24. The molecule has 0 heterocycles. The predicted molar refractivity (Wildman–Crippen MR) is 78.1 cm³/mol. The molecule has 0 saturated heterocycles. The van der Waals surface area contributed by atoms with Crippen LogP contribution in [0.15, 0.2) is 30.3 Å². The Morgan fingerprint density at radius 1 is 1.06 bits per heavy atom. The van der Waals surface area contributed by atoms with Crippen molar-refractivity contribution in [2.45, 2.75) is 46.1 Å². The molecule has 1 aromatic rings. The summed E-state index contributed by atoms with van der Waals surface area (Å²) in [5, 5.41) is 3.46. The van der Waals surface area contributed by atoms with E-state index in [1.165, 1.54) is 12.8 Å². The van der Waals surface area contributed by atoms with Crippen LogP contribution in [0.25, 0.3) is 0 Å². The van der Waals surface area contributed by atoms with Gasteiger partial charge in [-0.05, 0) is 43.9 Å². The van der Waals surface area contributed by atoms with Gasteiger partial charge in [0, 0.05) is 6.04 Å². The Morgan fingerprint density at radius 2 is 1.78 bits per heavy atom. The second-order valence-electron chi connectivity index (χ2n) is 5.31. The summed E-state index contributed by atoms with van der Waals surface area (Å²) < 4.78 is 5.68. The van der Waals surface area contributed by atoms with Crippen LogP contribution in [-0.2, 0) is 0 Å². The Bertz CT molecular complexity index is 297. The molecular weight excluding hydrogens is 222 g/mol. The van der Waals surface area contributed by atoms with Crippen LogP contribution in [0.1, 0.15) is 40.0 Å². The van der Waals surface area contributed by atoms with Crippen molar-refractivity contribution in [2.75, 3.05) is 13.2 Å². The molecule has 0 spiro atoms. The smallest absolute Gasteiger partial charge is 0.119 e. The van der Waals surface area contributed by atoms with Gasteiger partial charge in [-0.2, -0.15) is 0 Å². The minimum absolute atomic E-state index is 0.596. The van der Waals surface area contributed by atoms with Crippen molar-refractivity contribution < 1.29 is 4.74 Å². The summed E-state index contributed by atoms with van der Waals surface area (Å²) in [5.74, 6) is 1.75. The molecular formula is C16H27NO. The van der Waals surface area contributed by atoms with Gasteiger partial charge in [-0.25, -0.2) is 0 Å². The maximum Gasteiger partial charge on any atom is 0.119 e. The third-order valence-electron chi connectivity index (χ3n) is 3.04. The van der Waals surface area contributed by atoms with E-state index in [4.69, 9.17) is 4.74 Å². The molecule has 102 valence electrons. The van der Waals surface area contributed by atoms with Crippen molar-refractivity contribution >= 4 is 0 Å². The third kappa shape index (κ3) is 7.33. The lowest BCUT2D eigenvalue weighted by atomic mass is 10.0. The summed E-state index contributed by atoms with van der Waals surface area (Å²) in [7, 11) is 0. The molecule has 0 aliphatic carbocycles. The fraction of sp³-hybridized carbons (Fsp3) is 0.625.